The maximum atomic E-state index is 11.1. The van der Waals surface area contributed by atoms with Crippen molar-refractivity contribution in [3.63, 3.8) is 0 Å². The number of carbonyl (C=O) groups excluding carboxylic acids is 1. The molecule has 0 heterocycles. The van der Waals surface area contributed by atoms with Gasteiger partial charge in [0.2, 0.25) is 0 Å². The average molecular weight is 301 g/mol. The molecule has 0 radical (unpaired) electrons. The molecule has 0 rings (SSSR count). The zero-order valence-electron chi connectivity index (χ0n) is 10.2. The summed E-state index contributed by atoms with van der Waals surface area (Å²) in [6, 6.07) is 0. The average Bonchev–Trinajstić information content (AvgIpc) is 2.26. The summed E-state index contributed by atoms with van der Waals surface area (Å²) in [5.41, 5.74) is 0. The van der Waals surface area contributed by atoms with Gasteiger partial charge >= 0.3 is 5.97 Å². The Balaban J connectivity index is 3.10. The molecule has 0 aliphatic carbocycles. The molecule has 0 aromatic carbocycles. The monoisotopic (exact) mass is 300 g/mol. The smallest absolute Gasteiger partial charge is 0.308 e. The number of thiol groups is 1. The van der Waals surface area contributed by atoms with Crippen LogP contribution < -0.4 is 0 Å². The van der Waals surface area contributed by atoms with Crippen LogP contribution in [0.3, 0.4) is 0 Å². The summed E-state index contributed by atoms with van der Waals surface area (Å²) >= 11 is 14.8. The molecule has 0 amide bonds. The first-order chi connectivity index (χ1) is 8.16. The van der Waals surface area contributed by atoms with Gasteiger partial charge in [0, 0.05) is 6.42 Å². The Kier molecular flexibility index (Phi) is 13.1. The molecule has 0 saturated carbocycles. The minimum Gasteiger partial charge on any atom is -0.431 e. The minimum absolute atomic E-state index is 0.311. The second kappa shape index (κ2) is 12.8. The van der Waals surface area contributed by atoms with Crippen molar-refractivity contribution in [3.8, 4) is 0 Å². The molecule has 0 aromatic heterocycles. The second-order valence-corrected chi connectivity index (χ2v) is 5.52. The van der Waals surface area contributed by atoms with Crippen molar-refractivity contribution < 1.29 is 9.53 Å². The zero-order valence-corrected chi connectivity index (χ0v) is 12.6. The van der Waals surface area contributed by atoms with E-state index < -0.39 is 5.02 Å². The summed E-state index contributed by atoms with van der Waals surface area (Å²) in [4.78, 5) is 11.1. The van der Waals surface area contributed by atoms with E-state index in [9.17, 15) is 4.79 Å². The molecule has 102 valence electrons. The first-order valence-electron chi connectivity index (χ1n) is 6.25. The lowest BCUT2D eigenvalue weighted by Gasteiger charge is -2.04. The zero-order chi connectivity index (χ0) is 12.9. The first kappa shape index (κ1) is 17.4. The molecule has 5 heteroatoms. The van der Waals surface area contributed by atoms with Gasteiger partial charge in [0.1, 0.15) is 0 Å². The maximum Gasteiger partial charge on any atom is 0.308 e. The van der Waals surface area contributed by atoms with Crippen LogP contribution in [0.5, 0.6) is 0 Å². The number of hydrogen-bond donors (Lipinski definition) is 1. The number of ether oxygens (including phenoxy) is 1. The summed E-state index contributed by atoms with van der Waals surface area (Å²) in [5, 5.41) is -1.03. The molecule has 0 saturated heterocycles. The molecule has 0 unspecified atom stereocenters. The van der Waals surface area contributed by atoms with Gasteiger partial charge in [-0.05, 0) is 18.6 Å². The van der Waals surface area contributed by atoms with Crippen LogP contribution in [0.4, 0.5) is 0 Å². The van der Waals surface area contributed by atoms with Crippen molar-refractivity contribution in [3.05, 3.63) is 0 Å². The van der Waals surface area contributed by atoms with Crippen LogP contribution >= 0.6 is 35.8 Å². The van der Waals surface area contributed by atoms with Crippen molar-refractivity contribution >= 4 is 41.8 Å². The minimum atomic E-state index is -1.03. The normalized spacial score (nSPS) is 10.8. The lowest BCUT2D eigenvalue weighted by atomic mass is 10.1. The highest BCUT2D eigenvalue weighted by molar-refractivity contribution is 7.80. The lowest BCUT2D eigenvalue weighted by Crippen LogP contribution is -2.07. The molecule has 0 spiro atoms. The predicted molar refractivity (Wildman–Crippen MR) is 77.0 cm³/mol. The van der Waals surface area contributed by atoms with E-state index in [-0.39, 0.29) is 5.97 Å². The number of halogens is 2. The summed E-state index contributed by atoms with van der Waals surface area (Å²) in [5.74, 6) is 0.679. The van der Waals surface area contributed by atoms with Gasteiger partial charge in [-0.3, -0.25) is 4.79 Å². The number of rotatable bonds is 11. The molecular formula is C12H22Cl2O2S. The van der Waals surface area contributed by atoms with Crippen LogP contribution in [0.1, 0.15) is 57.8 Å². The SMILES string of the molecule is O=C(CCCCCCCCCCS)OC(Cl)Cl. The van der Waals surface area contributed by atoms with E-state index in [1.807, 2.05) is 0 Å². The van der Waals surface area contributed by atoms with Gasteiger partial charge in [-0.15, -0.1) is 0 Å². The maximum absolute atomic E-state index is 11.1. The van der Waals surface area contributed by atoms with E-state index in [0.717, 1.165) is 18.6 Å². The van der Waals surface area contributed by atoms with Crippen molar-refractivity contribution in [2.24, 2.45) is 0 Å². The van der Waals surface area contributed by atoms with Crippen LogP contribution in [-0.2, 0) is 9.53 Å². The second-order valence-electron chi connectivity index (χ2n) is 4.05. The third kappa shape index (κ3) is 14.3. The topological polar surface area (TPSA) is 26.3 Å². The summed E-state index contributed by atoms with van der Waals surface area (Å²) in [7, 11) is 0. The number of carbonyl (C=O) groups is 1. The predicted octanol–water partition coefficient (Wildman–Crippen LogP) is 4.73. The van der Waals surface area contributed by atoms with Crippen LogP contribution in [0, 0.1) is 0 Å². The van der Waals surface area contributed by atoms with Gasteiger partial charge < -0.3 is 4.74 Å². The van der Waals surface area contributed by atoms with E-state index >= 15 is 0 Å². The summed E-state index contributed by atoms with van der Waals surface area (Å²) < 4.78 is 4.61. The number of alkyl halides is 2. The Morgan fingerprint density at radius 2 is 1.41 bits per heavy atom. The van der Waals surface area contributed by atoms with E-state index in [0.29, 0.717) is 6.42 Å². The van der Waals surface area contributed by atoms with Gasteiger partial charge in [-0.1, -0.05) is 61.7 Å². The Labute approximate surface area is 120 Å². The first-order valence-corrected chi connectivity index (χ1v) is 7.76. The lowest BCUT2D eigenvalue weighted by molar-refractivity contribution is -0.143. The number of esters is 1. The molecule has 0 aromatic rings. The Hall–Kier alpha value is 0.400. The summed E-state index contributed by atoms with van der Waals surface area (Å²) in [6.45, 7) is 0. The van der Waals surface area contributed by atoms with Crippen LogP contribution in [-0.4, -0.2) is 16.7 Å². The fourth-order valence-corrected chi connectivity index (χ4v) is 2.02. The van der Waals surface area contributed by atoms with Gasteiger partial charge in [0.25, 0.3) is 5.02 Å². The van der Waals surface area contributed by atoms with E-state index in [2.05, 4.69) is 17.4 Å². The Morgan fingerprint density at radius 3 is 1.88 bits per heavy atom. The molecule has 0 atom stereocenters. The molecule has 2 nitrogen and oxygen atoms in total. The van der Waals surface area contributed by atoms with Crippen LogP contribution in [0.15, 0.2) is 0 Å². The highest BCUT2D eigenvalue weighted by atomic mass is 35.5. The van der Waals surface area contributed by atoms with Crippen LogP contribution in [0.2, 0.25) is 0 Å². The van der Waals surface area contributed by atoms with Crippen LogP contribution in [0.25, 0.3) is 0 Å². The standard InChI is InChI=1S/C12H22Cl2O2S/c13-12(14)16-11(15)9-7-5-3-1-2-4-6-8-10-17/h12,17H,1-10H2. The van der Waals surface area contributed by atoms with Gasteiger partial charge in [0.05, 0.1) is 0 Å². The molecule has 17 heavy (non-hydrogen) atoms. The molecule has 0 fully saturated rings. The van der Waals surface area contributed by atoms with E-state index in [1.54, 1.807) is 0 Å². The Morgan fingerprint density at radius 1 is 0.941 bits per heavy atom. The highest BCUT2D eigenvalue weighted by Gasteiger charge is 2.06. The molecule has 0 aliphatic rings. The molecule has 0 aliphatic heterocycles. The van der Waals surface area contributed by atoms with E-state index in [1.165, 1.54) is 38.5 Å². The van der Waals surface area contributed by atoms with Gasteiger partial charge in [-0.2, -0.15) is 12.6 Å². The summed E-state index contributed by atoms with van der Waals surface area (Å²) in [6.07, 6.45) is 9.83. The van der Waals surface area contributed by atoms with Gasteiger partial charge in [-0.25, -0.2) is 0 Å². The van der Waals surface area contributed by atoms with Gasteiger partial charge in [0.15, 0.2) is 0 Å². The van der Waals surface area contributed by atoms with Crippen molar-refractivity contribution in [2.45, 2.75) is 62.8 Å². The van der Waals surface area contributed by atoms with Crippen molar-refractivity contribution in [1.29, 1.82) is 0 Å². The van der Waals surface area contributed by atoms with Crippen molar-refractivity contribution in [1.82, 2.24) is 0 Å². The number of hydrogen-bond acceptors (Lipinski definition) is 3. The molecule has 0 bridgehead atoms. The Bertz CT molecular complexity index is 189. The third-order valence-corrected chi connectivity index (χ3v) is 3.00. The fraction of sp³-hybridized carbons (Fsp3) is 0.917. The van der Waals surface area contributed by atoms with Crippen molar-refractivity contribution in [2.75, 3.05) is 5.75 Å². The molecular weight excluding hydrogens is 279 g/mol. The fourth-order valence-electron chi connectivity index (χ4n) is 1.60. The highest BCUT2D eigenvalue weighted by Crippen LogP contribution is 2.11. The van der Waals surface area contributed by atoms with E-state index in [4.69, 9.17) is 23.2 Å². The number of unbranched alkanes of at least 4 members (excludes halogenated alkanes) is 7. The quantitative estimate of drug-likeness (QED) is 0.258. The molecule has 0 N–H and O–H groups in total. The third-order valence-electron chi connectivity index (χ3n) is 2.51. The largest absolute Gasteiger partial charge is 0.431 e.